The Hall–Kier alpha value is -2.01. The molecule has 3 rings (SSSR count). The minimum atomic E-state index is 0.154. The molecule has 0 radical (unpaired) electrons. The lowest BCUT2D eigenvalue weighted by molar-refractivity contribution is -0.130. The van der Waals surface area contributed by atoms with Crippen LogP contribution in [0.3, 0.4) is 0 Å². The molecule has 24 heavy (non-hydrogen) atoms. The molecule has 1 aromatic carbocycles. The number of nitrogens with zero attached hydrogens (tertiary/aromatic N) is 1. The van der Waals surface area contributed by atoms with Crippen molar-refractivity contribution in [1.29, 1.82) is 0 Å². The van der Waals surface area contributed by atoms with Crippen LogP contribution in [-0.2, 0) is 11.2 Å². The highest BCUT2D eigenvalue weighted by molar-refractivity contribution is 5.93. The maximum atomic E-state index is 12.7. The Kier molecular flexibility index (Phi) is 5.41. The zero-order valence-electron chi connectivity index (χ0n) is 14.3. The lowest BCUT2D eigenvalue weighted by atomic mass is 10.0. The Morgan fingerprint density at radius 3 is 3.04 bits per heavy atom. The molecule has 2 N–H and O–H groups in total. The lowest BCUT2D eigenvalue weighted by Gasteiger charge is -2.20. The van der Waals surface area contributed by atoms with Crippen molar-refractivity contribution >= 4 is 16.8 Å². The lowest BCUT2D eigenvalue weighted by Crippen LogP contribution is -2.33. The van der Waals surface area contributed by atoms with Gasteiger partial charge < -0.3 is 19.7 Å². The Morgan fingerprint density at radius 1 is 1.38 bits per heavy atom. The number of nitrogens with one attached hydrogen (secondary N) is 1. The van der Waals surface area contributed by atoms with E-state index in [9.17, 15) is 9.90 Å². The van der Waals surface area contributed by atoms with Crippen LogP contribution < -0.4 is 4.74 Å². The van der Waals surface area contributed by atoms with Gasteiger partial charge in [-0.2, -0.15) is 0 Å². The summed E-state index contributed by atoms with van der Waals surface area (Å²) in [6, 6.07) is 5.91. The van der Waals surface area contributed by atoms with Gasteiger partial charge in [-0.1, -0.05) is 6.07 Å². The zero-order chi connectivity index (χ0) is 16.9. The van der Waals surface area contributed by atoms with Crippen LogP contribution in [0.1, 0.15) is 31.7 Å². The standard InChI is InChI=1S/C19H26N2O3/c1-2-24-17-7-3-6-16-19(17)15(12-20-16)11-18(23)21-9-4-5-14(13-22)8-10-21/h3,6-7,12,14,20,22H,2,4-5,8-11,13H2,1H3/t14-/m0/s1. The molecule has 0 unspecified atom stereocenters. The molecule has 1 atom stereocenters. The van der Waals surface area contributed by atoms with Gasteiger partial charge in [0.1, 0.15) is 5.75 Å². The molecular formula is C19H26N2O3. The molecule has 1 aliphatic heterocycles. The second-order valence-electron chi connectivity index (χ2n) is 6.46. The first kappa shape index (κ1) is 16.8. The molecule has 0 saturated carbocycles. The molecule has 1 aromatic heterocycles. The monoisotopic (exact) mass is 330 g/mol. The predicted molar refractivity (Wildman–Crippen MR) is 94.2 cm³/mol. The van der Waals surface area contributed by atoms with E-state index in [0.717, 1.165) is 54.6 Å². The van der Waals surface area contributed by atoms with Crippen LogP contribution >= 0.6 is 0 Å². The number of aliphatic hydroxyl groups is 1. The van der Waals surface area contributed by atoms with Crippen LogP contribution in [0.15, 0.2) is 24.4 Å². The van der Waals surface area contributed by atoms with Crippen molar-refractivity contribution in [3.05, 3.63) is 30.0 Å². The van der Waals surface area contributed by atoms with Gasteiger partial charge in [-0.25, -0.2) is 0 Å². The smallest absolute Gasteiger partial charge is 0.227 e. The highest BCUT2D eigenvalue weighted by Gasteiger charge is 2.21. The van der Waals surface area contributed by atoms with Gasteiger partial charge >= 0.3 is 0 Å². The minimum Gasteiger partial charge on any atom is -0.493 e. The number of aliphatic hydroxyl groups excluding tert-OH is 1. The SMILES string of the molecule is CCOc1cccc2[nH]cc(CC(=O)N3CCC[C@H](CO)CC3)c12. The summed E-state index contributed by atoms with van der Waals surface area (Å²) in [5.41, 5.74) is 1.99. The first-order chi connectivity index (χ1) is 11.7. The number of carbonyl (C=O) groups excluding carboxylic acids is 1. The largest absolute Gasteiger partial charge is 0.493 e. The number of hydrogen-bond donors (Lipinski definition) is 2. The van der Waals surface area contributed by atoms with Gasteiger partial charge in [-0.15, -0.1) is 0 Å². The van der Waals surface area contributed by atoms with Crippen LogP contribution in [0.2, 0.25) is 0 Å². The van der Waals surface area contributed by atoms with E-state index in [2.05, 4.69) is 4.98 Å². The van der Waals surface area contributed by atoms with Crippen molar-refractivity contribution < 1.29 is 14.6 Å². The summed E-state index contributed by atoms with van der Waals surface area (Å²) in [6.45, 7) is 4.32. The van der Waals surface area contributed by atoms with E-state index < -0.39 is 0 Å². The number of H-pyrrole nitrogens is 1. The molecule has 1 amide bonds. The molecule has 5 heteroatoms. The number of rotatable bonds is 5. The number of carbonyl (C=O) groups is 1. The van der Waals surface area contributed by atoms with E-state index in [1.165, 1.54) is 0 Å². The normalized spacial score (nSPS) is 18.6. The number of amides is 1. The van der Waals surface area contributed by atoms with E-state index in [1.807, 2.05) is 36.2 Å². The molecule has 2 heterocycles. The quantitative estimate of drug-likeness (QED) is 0.886. The maximum Gasteiger partial charge on any atom is 0.227 e. The van der Waals surface area contributed by atoms with E-state index >= 15 is 0 Å². The van der Waals surface area contributed by atoms with Gasteiger partial charge in [0, 0.05) is 36.8 Å². The van der Waals surface area contributed by atoms with Crippen molar-refractivity contribution in [3.63, 3.8) is 0 Å². The van der Waals surface area contributed by atoms with Crippen LogP contribution in [-0.4, -0.2) is 47.2 Å². The van der Waals surface area contributed by atoms with E-state index in [4.69, 9.17) is 4.74 Å². The molecule has 130 valence electrons. The Labute approximate surface area is 142 Å². The second kappa shape index (κ2) is 7.71. The molecule has 1 fully saturated rings. The Morgan fingerprint density at radius 2 is 2.25 bits per heavy atom. The molecule has 0 aliphatic carbocycles. The fourth-order valence-corrected chi connectivity index (χ4v) is 3.51. The van der Waals surface area contributed by atoms with E-state index in [1.54, 1.807) is 0 Å². The predicted octanol–water partition coefficient (Wildman–Crippen LogP) is 2.73. The summed E-state index contributed by atoms with van der Waals surface area (Å²) in [5.74, 6) is 1.32. The fourth-order valence-electron chi connectivity index (χ4n) is 3.51. The van der Waals surface area contributed by atoms with Gasteiger partial charge in [0.25, 0.3) is 0 Å². The van der Waals surface area contributed by atoms with E-state index in [0.29, 0.717) is 18.9 Å². The van der Waals surface area contributed by atoms with Gasteiger partial charge in [0.15, 0.2) is 0 Å². The Balaban J connectivity index is 1.76. The number of hydrogen-bond acceptors (Lipinski definition) is 3. The van der Waals surface area contributed by atoms with Gasteiger partial charge in [-0.05, 0) is 49.8 Å². The molecule has 0 spiro atoms. The third-order valence-electron chi connectivity index (χ3n) is 4.85. The topological polar surface area (TPSA) is 65.6 Å². The summed E-state index contributed by atoms with van der Waals surface area (Å²) >= 11 is 0. The molecule has 1 saturated heterocycles. The van der Waals surface area contributed by atoms with Crippen LogP contribution in [0.25, 0.3) is 10.9 Å². The molecule has 0 bridgehead atoms. The maximum absolute atomic E-state index is 12.7. The second-order valence-corrected chi connectivity index (χ2v) is 6.46. The third kappa shape index (κ3) is 3.56. The van der Waals surface area contributed by atoms with Gasteiger partial charge in [0.05, 0.1) is 13.0 Å². The Bertz CT molecular complexity index is 695. The van der Waals surface area contributed by atoms with Crippen molar-refractivity contribution in [2.24, 2.45) is 5.92 Å². The molecule has 1 aliphatic rings. The number of fused-ring (bicyclic) bond motifs is 1. The van der Waals surface area contributed by atoms with Crippen molar-refractivity contribution in [3.8, 4) is 5.75 Å². The fraction of sp³-hybridized carbons (Fsp3) is 0.526. The number of aromatic nitrogens is 1. The first-order valence-electron chi connectivity index (χ1n) is 8.83. The van der Waals surface area contributed by atoms with Crippen LogP contribution in [0.4, 0.5) is 0 Å². The van der Waals surface area contributed by atoms with Crippen molar-refractivity contribution in [2.75, 3.05) is 26.3 Å². The molecule has 2 aromatic rings. The third-order valence-corrected chi connectivity index (χ3v) is 4.85. The summed E-state index contributed by atoms with van der Waals surface area (Å²) < 4.78 is 5.72. The summed E-state index contributed by atoms with van der Waals surface area (Å²) in [5, 5.41) is 10.3. The molecule has 5 nitrogen and oxygen atoms in total. The summed E-state index contributed by atoms with van der Waals surface area (Å²) in [6.07, 6.45) is 5.16. The van der Waals surface area contributed by atoms with E-state index in [-0.39, 0.29) is 12.5 Å². The summed E-state index contributed by atoms with van der Waals surface area (Å²) in [4.78, 5) is 17.9. The highest BCUT2D eigenvalue weighted by Crippen LogP contribution is 2.29. The number of aromatic amines is 1. The van der Waals surface area contributed by atoms with Crippen molar-refractivity contribution in [1.82, 2.24) is 9.88 Å². The minimum absolute atomic E-state index is 0.154. The highest BCUT2D eigenvalue weighted by atomic mass is 16.5. The number of likely N-dealkylation sites (tertiary alicyclic amines) is 1. The number of ether oxygens (including phenoxy) is 1. The van der Waals surface area contributed by atoms with Crippen molar-refractivity contribution in [2.45, 2.75) is 32.6 Å². The van der Waals surface area contributed by atoms with Gasteiger partial charge in [-0.3, -0.25) is 4.79 Å². The number of benzene rings is 1. The first-order valence-corrected chi connectivity index (χ1v) is 8.83. The average Bonchev–Trinajstić information content (AvgIpc) is 2.85. The van der Waals surface area contributed by atoms with Crippen LogP contribution in [0.5, 0.6) is 5.75 Å². The average molecular weight is 330 g/mol. The zero-order valence-corrected chi connectivity index (χ0v) is 14.3. The molecular weight excluding hydrogens is 304 g/mol. The summed E-state index contributed by atoms with van der Waals surface area (Å²) in [7, 11) is 0. The van der Waals surface area contributed by atoms with Gasteiger partial charge in [0.2, 0.25) is 5.91 Å². The van der Waals surface area contributed by atoms with Crippen LogP contribution in [0, 0.1) is 5.92 Å².